The van der Waals surface area contributed by atoms with Gasteiger partial charge in [-0.1, -0.05) is 13.8 Å². The van der Waals surface area contributed by atoms with E-state index in [9.17, 15) is 0 Å². The molecule has 0 bridgehead atoms. The predicted octanol–water partition coefficient (Wildman–Crippen LogP) is 1.87. The van der Waals surface area contributed by atoms with Gasteiger partial charge in [0.05, 0.1) is 0 Å². The topological polar surface area (TPSA) is 26.0 Å². The van der Waals surface area contributed by atoms with Crippen LogP contribution in [0.5, 0.6) is 0 Å². The first-order valence-electron chi connectivity index (χ1n) is 4.05. The van der Waals surface area contributed by atoms with E-state index in [1.54, 1.807) is 0 Å². The molecule has 1 aliphatic rings. The van der Waals surface area contributed by atoms with Crippen molar-refractivity contribution in [3.63, 3.8) is 0 Å². The van der Waals surface area contributed by atoms with Crippen LogP contribution in [0, 0.1) is 5.92 Å². The maximum absolute atomic E-state index is 5.75. The Bertz CT molecular complexity index is 106. The van der Waals surface area contributed by atoms with Gasteiger partial charge in [-0.05, 0) is 24.5 Å². The SMILES string of the molecule is CC(C)C1(CN)CCCS1. The summed E-state index contributed by atoms with van der Waals surface area (Å²) >= 11 is 2.07. The fourth-order valence-corrected chi connectivity index (χ4v) is 3.01. The molecular weight excluding hydrogens is 142 g/mol. The molecule has 0 aromatic carbocycles. The number of hydrogen-bond acceptors (Lipinski definition) is 2. The van der Waals surface area contributed by atoms with Crippen LogP contribution in [0.1, 0.15) is 26.7 Å². The van der Waals surface area contributed by atoms with Crippen LogP contribution < -0.4 is 5.73 Å². The van der Waals surface area contributed by atoms with Crippen molar-refractivity contribution in [3.8, 4) is 0 Å². The second-order valence-corrected chi connectivity index (χ2v) is 4.89. The average Bonchev–Trinajstić information content (AvgIpc) is 2.35. The van der Waals surface area contributed by atoms with E-state index in [1.165, 1.54) is 18.6 Å². The molecule has 1 rings (SSSR count). The molecule has 1 fully saturated rings. The first-order chi connectivity index (χ1) is 4.71. The average molecular weight is 159 g/mol. The van der Waals surface area contributed by atoms with E-state index in [0.717, 1.165) is 12.5 Å². The molecular formula is C8H17NS. The van der Waals surface area contributed by atoms with E-state index in [4.69, 9.17) is 5.73 Å². The summed E-state index contributed by atoms with van der Waals surface area (Å²) in [5, 5.41) is 0. The second kappa shape index (κ2) is 3.14. The summed E-state index contributed by atoms with van der Waals surface area (Å²) in [5.74, 6) is 2.06. The van der Waals surface area contributed by atoms with Gasteiger partial charge in [-0.15, -0.1) is 0 Å². The van der Waals surface area contributed by atoms with Crippen LogP contribution in [0.3, 0.4) is 0 Å². The minimum absolute atomic E-state index is 0.431. The summed E-state index contributed by atoms with van der Waals surface area (Å²) in [6, 6.07) is 0. The molecule has 1 aliphatic heterocycles. The Hall–Kier alpha value is 0.310. The van der Waals surface area contributed by atoms with Crippen molar-refractivity contribution in [2.24, 2.45) is 11.7 Å². The second-order valence-electron chi connectivity index (χ2n) is 3.38. The lowest BCUT2D eigenvalue weighted by atomic mass is 9.91. The summed E-state index contributed by atoms with van der Waals surface area (Å²) in [6.07, 6.45) is 2.69. The van der Waals surface area contributed by atoms with Crippen molar-refractivity contribution in [3.05, 3.63) is 0 Å². The number of thioether (sulfide) groups is 1. The van der Waals surface area contributed by atoms with E-state index < -0.39 is 0 Å². The maximum Gasteiger partial charge on any atom is 0.0305 e. The molecule has 2 N–H and O–H groups in total. The molecule has 0 radical (unpaired) electrons. The van der Waals surface area contributed by atoms with Gasteiger partial charge in [0, 0.05) is 11.3 Å². The Balaban J connectivity index is 2.58. The monoisotopic (exact) mass is 159 g/mol. The molecule has 0 aromatic rings. The third-order valence-corrected chi connectivity index (χ3v) is 4.44. The lowest BCUT2D eigenvalue weighted by Crippen LogP contribution is -2.37. The molecule has 0 amide bonds. The molecule has 60 valence electrons. The normalized spacial score (nSPS) is 33.6. The van der Waals surface area contributed by atoms with E-state index in [-0.39, 0.29) is 0 Å². The van der Waals surface area contributed by atoms with Crippen molar-refractivity contribution in [1.82, 2.24) is 0 Å². The van der Waals surface area contributed by atoms with E-state index >= 15 is 0 Å². The minimum atomic E-state index is 0.431. The summed E-state index contributed by atoms with van der Waals surface area (Å²) < 4.78 is 0.431. The molecule has 0 saturated carbocycles. The van der Waals surface area contributed by atoms with Crippen LogP contribution in [0.25, 0.3) is 0 Å². The van der Waals surface area contributed by atoms with Gasteiger partial charge in [-0.2, -0.15) is 11.8 Å². The van der Waals surface area contributed by atoms with Crippen LogP contribution in [-0.4, -0.2) is 17.0 Å². The van der Waals surface area contributed by atoms with Gasteiger partial charge in [0.1, 0.15) is 0 Å². The fourth-order valence-electron chi connectivity index (χ4n) is 1.57. The lowest BCUT2D eigenvalue weighted by molar-refractivity contribution is 0.428. The van der Waals surface area contributed by atoms with Gasteiger partial charge in [0.25, 0.3) is 0 Å². The summed E-state index contributed by atoms with van der Waals surface area (Å²) in [6.45, 7) is 5.42. The molecule has 0 aromatic heterocycles. The van der Waals surface area contributed by atoms with Gasteiger partial charge in [-0.25, -0.2) is 0 Å². The Kier molecular flexibility index (Phi) is 2.64. The van der Waals surface area contributed by atoms with Gasteiger partial charge >= 0.3 is 0 Å². The van der Waals surface area contributed by atoms with E-state index in [1.807, 2.05) is 0 Å². The Morgan fingerprint density at radius 1 is 1.60 bits per heavy atom. The Morgan fingerprint density at radius 2 is 2.30 bits per heavy atom. The van der Waals surface area contributed by atoms with E-state index in [0.29, 0.717) is 4.75 Å². The molecule has 0 spiro atoms. The van der Waals surface area contributed by atoms with Crippen LogP contribution in [0.4, 0.5) is 0 Å². The van der Waals surface area contributed by atoms with E-state index in [2.05, 4.69) is 25.6 Å². The smallest absolute Gasteiger partial charge is 0.0305 e. The van der Waals surface area contributed by atoms with Crippen molar-refractivity contribution >= 4 is 11.8 Å². The largest absolute Gasteiger partial charge is 0.329 e. The standard InChI is InChI=1S/C8H17NS/c1-7(2)8(6-9)4-3-5-10-8/h7H,3-6,9H2,1-2H3. The van der Waals surface area contributed by atoms with Gasteiger partial charge in [-0.3, -0.25) is 0 Å². The fraction of sp³-hybridized carbons (Fsp3) is 1.00. The molecule has 1 heterocycles. The number of rotatable bonds is 2. The zero-order valence-corrected chi connectivity index (χ0v) is 7.71. The molecule has 1 nitrogen and oxygen atoms in total. The number of nitrogens with two attached hydrogens (primary N) is 1. The lowest BCUT2D eigenvalue weighted by Gasteiger charge is -2.30. The predicted molar refractivity (Wildman–Crippen MR) is 48.3 cm³/mol. The molecule has 1 saturated heterocycles. The van der Waals surface area contributed by atoms with Gasteiger partial charge in [0.15, 0.2) is 0 Å². The molecule has 1 atom stereocenters. The zero-order valence-electron chi connectivity index (χ0n) is 6.89. The van der Waals surface area contributed by atoms with Crippen molar-refractivity contribution in [1.29, 1.82) is 0 Å². The van der Waals surface area contributed by atoms with Crippen molar-refractivity contribution in [2.75, 3.05) is 12.3 Å². The molecule has 0 aliphatic carbocycles. The summed E-state index contributed by atoms with van der Waals surface area (Å²) in [4.78, 5) is 0. The van der Waals surface area contributed by atoms with Crippen LogP contribution in [-0.2, 0) is 0 Å². The first-order valence-corrected chi connectivity index (χ1v) is 5.04. The quantitative estimate of drug-likeness (QED) is 0.665. The first kappa shape index (κ1) is 8.41. The van der Waals surface area contributed by atoms with Crippen LogP contribution in [0.15, 0.2) is 0 Å². The van der Waals surface area contributed by atoms with Crippen LogP contribution in [0.2, 0.25) is 0 Å². The third kappa shape index (κ3) is 1.32. The highest BCUT2D eigenvalue weighted by Crippen LogP contribution is 2.42. The van der Waals surface area contributed by atoms with Crippen LogP contribution >= 0.6 is 11.8 Å². The van der Waals surface area contributed by atoms with Gasteiger partial charge < -0.3 is 5.73 Å². The third-order valence-electron chi connectivity index (χ3n) is 2.53. The minimum Gasteiger partial charge on any atom is -0.329 e. The van der Waals surface area contributed by atoms with Crippen molar-refractivity contribution in [2.45, 2.75) is 31.4 Å². The Morgan fingerprint density at radius 3 is 2.50 bits per heavy atom. The zero-order chi connectivity index (χ0) is 7.61. The summed E-state index contributed by atoms with van der Waals surface area (Å²) in [7, 11) is 0. The van der Waals surface area contributed by atoms with Crippen molar-refractivity contribution < 1.29 is 0 Å². The Labute approximate surface area is 67.8 Å². The molecule has 10 heavy (non-hydrogen) atoms. The number of hydrogen-bond donors (Lipinski definition) is 1. The highest BCUT2D eigenvalue weighted by Gasteiger charge is 2.35. The van der Waals surface area contributed by atoms with Gasteiger partial charge in [0.2, 0.25) is 0 Å². The highest BCUT2D eigenvalue weighted by atomic mass is 32.2. The maximum atomic E-state index is 5.75. The molecule has 1 unspecified atom stereocenters. The highest BCUT2D eigenvalue weighted by molar-refractivity contribution is 8.00. The molecule has 2 heteroatoms. The summed E-state index contributed by atoms with van der Waals surface area (Å²) in [5.41, 5.74) is 5.75.